The van der Waals surface area contributed by atoms with Crippen LogP contribution in [0.1, 0.15) is 22.2 Å². The number of hydrogen-bond acceptors (Lipinski definition) is 3. The van der Waals surface area contributed by atoms with Gasteiger partial charge in [-0.1, -0.05) is 0 Å². The van der Waals surface area contributed by atoms with E-state index in [2.05, 4.69) is 5.32 Å². The van der Waals surface area contributed by atoms with Crippen molar-refractivity contribution in [2.45, 2.75) is 19.9 Å². The maximum Gasteiger partial charge on any atom is 0.261 e. The molecular formula is C10H15NO2S. The summed E-state index contributed by atoms with van der Waals surface area (Å²) in [7, 11) is 1.62. The van der Waals surface area contributed by atoms with Gasteiger partial charge in [-0.2, -0.15) is 0 Å². The fraction of sp³-hybridized carbons (Fsp3) is 0.500. The van der Waals surface area contributed by atoms with Crippen molar-refractivity contribution in [2.75, 3.05) is 13.7 Å². The second-order valence-corrected chi connectivity index (χ2v) is 4.18. The van der Waals surface area contributed by atoms with Crippen molar-refractivity contribution in [3.8, 4) is 0 Å². The van der Waals surface area contributed by atoms with Crippen LogP contribution in [0, 0.1) is 6.92 Å². The van der Waals surface area contributed by atoms with E-state index in [0.29, 0.717) is 6.61 Å². The Morgan fingerprint density at radius 2 is 2.43 bits per heavy atom. The zero-order chi connectivity index (χ0) is 10.6. The molecule has 0 fully saturated rings. The van der Waals surface area contributed by atoms with E-state index < -0.39 is 0 Å². The molecule has 0 aliphatic carbocycles. The average molecular weight is 213 g/mol. The first-order chi connectivity index (χ1) is 6.65. The normalized spacial score (nSPS) is 12.5. The Morgan fingerprint density at radius 3 is 2.93 bits per heavy atom. The van der Waals surface area contributed by atoms with Gasteiger partial charge in [-0.3, -0.25) is 4.79 Å². The first kappa shape index (κ1) is 11.2. The van der Waals surface area contributed by atoms with Gasteiger partial charge in [0, 0.05) is 13.2 Å². The minimum atomic E-state index is -0.0120. The zero-order valence-electron chi connectivity index (χ0n) is 8.66. The molecular weight excluding hydrogens is 198 g/mol. The second kappa shape index (κ2) is 5.12. The predicted molar refractivity (Wildman–Crippen MR) is 57.9 cm³/mol. The molecule has 1 aromatic rings. The summed E-state index contributed by atoms with van der Waals surface area (Å²) in [4.78, 5) is 12.4. The molecule has 4 heteroatoms. The zero-order valence-corrected chi connectivity index (χ0v) is 9.48. The average Bonchev–Trinajstić information content (AvgIpc) is 2.51. The number of aryl methyl sites for hydroxylation is 1. The van der Waals surface area contributed by atoms with Crippen molar-refractivity contribution in [2.24, 2.45) is 0 Å². The Hall–Kier alpha value is -0.870. The molecule has 0 aromatic carbocycles. The summed E-state index contributed by atoms with van der Waals surface area (Å²) in [6, 6.07) is 2.00. The van der Waals surface area contributed by atoms with E-state index in [-0.39, 0.29) is 11.9 Å². The summed E-state index contributed by atoms with van der Waals surface area (Å²) in [5, 5.41) is 4.79. The van der Waals surface area contributed by atoms with E-state index >= 15 is 0 Å². The first-order valence-corrected chi connectivity index (χ1v) is 5.37. The maximum absolute atomic E-state index is 11.7. The highest BCUT2D eigenvalue weighted by Crippen LogP contribution is 2.15. The van der Waals surface area contributed by atoms with Crippen LogP contribution < -0.4 is 5.32 Å². The first-order valence-electron chi connectivity index (χ1n) is 4.49. The summed E-state index contributed by atoms with van der Waals surface area (Å²) in [5.74, 6) is -0.0120. The number of ether oxygens (including phenoxy) is 1. The molecule has 1 heterocycles. The summed E-state index contributed by atoms with van der Waals surface area (Å²) in [6.07, 6.45) is 0. The third-order valence-corrected chi connectivity index (χ3v) is 2.88. The topological polar surface area (TPSA) is 38.3 Å². The number of rotatable bonds is 4. The van der Waals surface area contributed by atoms with Gasteiger partial charge in [0.1, 0.15) is 0 Å². The Morgan fingerprint density at radius 1 is 1.71 bits per heavy atom. The van der Waals surface area contributed by atoms with E-state index in [1.165, 1.54) is 11.3 Å². The monoisotopic (exact) mass is 213 g/mol. The van der Waals surface area contributed by atoms with E-state index in [1.54, 1.807) is 7.11 Å². The molecule has 0 saturated heterocycles. The molecule has 0 bridgehead atoms. The van der Waals surface area contributed by atoms with Gasteiger partial charge in [-0.15, -0.1) is 11.3 Å². The van der Waals surface area contributed by atoms with Gasteiger partial charge in [0.2, 0.25) is 0 Å². The van der Waals surface area contributed by atoms with Crippen LogP contribution in [0.5, 0.6) is 0 Å². The molecule has 0 aliphatic heterocycles. The van der Waals surface area contributed by atoms with Crippen LogP contribution in [0.3, 0.4) is 0 Å². The third-order valence-electron chi connectivity index (χ3n) is 1.86. The Bertz CT molecular complexity index is 309. The SMILES string of the molecule is COC[C@@H](C)NC(=O)c1sccc1C. The van der Waals surface area contributed by atoms with E-state index in [0.717, 1.165) is 10.4 Å². The lowest BCUT2D eigenvalue weighted by Crippen LogP contribution is -2.35. The van der Waals surface area contributed by atoms with Crippen LogP contribution in [0.4, 0.5) is 0 Å². The quantitative estimate of drug-likeness (QED) is 0.828. The van der Waals surface area contributed by atoms with Gasteiger partial charge >= 0.3 is 0 Å². The lowest BCUT2D eigenvalue weighted by Gasteiger charge is -2.11. The fourth-order valence-electron chi connectivity index (χ4n) is 1.19. The number of hydrogen-bond donors (Lipinski definition) is 1. The lowest BCUT2D eigenvalue weighted by atomic mass is 10.2. The van der Waals surface area contributed by atoms with Gasteiger partial charge in [0.05, 0.1) is 11.5 Å². The summed E-state index contributed by atoms with van der Waals surface area (Å²) in [5.41, 5.74) is 1.03. The number of nitrogens with one attached hydrogen (secondary N) is 1. The molecule has 14 heavy (non-hydrogen) atoms. The molecule has 3 nitrogen and oxygen atoms in total. The second-order valence-electron chi connectivity index (χ2n) is 3.26. The van der Waals surface area contributed by atoms with Crippen molar-refractivity contribution < 1.29 is 9.53 Å². The van der Waals surface area contributed by atoms with Crippen molar-refractivity contribution in [3.63, 3.8) is 0 Å². The maximum atomic E-state index is 11.7. The highest BCUT2D eigenvalue weighted by Gasteiger charge is 2.12. The number of methoxy groups -OCH3 is 1. The highest BCUT2D eigenvalue weighted by atomic mass is 32.1. The molecule has 78 valence electrons. The smallest absolute Gasteiger partial charge is 0.261 e. The van der Waals surface area contributed by atoms with Crippen molar-refractivity contribution in [1.29, 1.82) is 0 Å². The van der Waals surface area contributed by atoms with Crippen LogP contribution in [0.15, 0.2) is 11.4 Å². The van der Waals surface area contributed by atoms with Crippen LogP contribution in [-0.4, -0.2) is 25.7 Å². The van der Waals surface area contributed by atoms with Gasteiger partial charge in [0.25, 0.3) is 5.91 Å². The van der Waals surface area contributed by atoms with Gasteiger partial charge < -0.3 is 10.1 Å². The summed E-state index contributed by atoms with van der Waals surface area (Å²) >= 11 is 1.46. The van der Waals surface area contributed by atoms with Gasteiger partial charge in [-0.05, 0) is 30.9 Å². The number of carbonyl (C=O) groups excluding carboxylic acids is 1. The number of carbonyl (C=O) groups is 1. The van der Waals surface area contributed by atoms with Crippen molar-refractivity contribution in [3.05, 3.63) is 21.9 Å². The van der Waals surface area contributed by atoms with Gasteiger partial charge in [0.15, 0.2) is 0 Å². The molecule has 1 N–H and O–H groups in total. The molecule has 0 saturated carbocycles. The fourth-order valence-corrected chi connectivity index (χ4v) is 2.01. The third kappa shape index (κ3) is 2.82. The van der Waals surface area contributed by atoms with Crippen LogP contribution in [-0.2, 0) is 4.74 Å². The predicted octanol–water partition coefficient (Wildman–Crippen LogP) is 1.82. The van der Waals surface area contributed by atoms with Crippen molar-refractivity contribution in [1.82, 2.24) is 5.32 Å². The molecule has 1 aromatic heterocycles. The molecule has 1 rings (SSSR count). The molecule has 0 radical (unpaired) electrons. The summed E-state index contributed by atoms with van der Waals surface area (Å²) < 4.78 is 4.94. The molecule has 1 amide bonds. The summed E-state index contributed by atoms with van der Waals surface area (Å²) in [6.45, 7) is 4.40. The van der Waals surface area contributed by atoms with E-state index in [9.17, 15) is 4.79 Å². The largest absolute Gasteiger partial charge is 0.383 e. The van der Waals surface area contributed by atoms with Gasteiger partial charge in [-0.25, -0.2) is 0 Å². The van der Waals surface area contributed by atoms with Crippen LogP contribution in [0.2, 0.25) is 0 Å². The Labute approximate surface area is 88.1 Å². The molecule has 0 aliphatic rings. The molecule has 0 unspecified atom stereocenters. The Kier molecular flexibility index (Phi) is 4.10. The lowest BCUT2D eigenvalue weighted by molar-refractivity contribution is 0.0909. The Balaban J connectivity index is 2.55. The minimum absolute atomic E-state index is 0.0120. The highest BCUT2D eigenvalue weighted by molar-refractivity contribution is 7.12. The van der Waals surface area contributed by atoms with E-state index in [4.69, 9.17) is 4.74 Å². The molecule has 0 spiro atoms. The molecule has 1 atom stereocenters. The van der Waals surface area contributed by atoms with Crippen LogP contribution in [0.25, 0.3) is 0 Å². The van der Waals surface area contributed by atoms with Crippen LogP contribution >= 0.6 is 11.3 Å². The standard InChI is InChI=1S/C10H15NO2S/c1-7-4-5-14-9(7)10(12)11-8(2)6-13-3/h4-5,8H,6H2,1-3H3,(H,11,12)/t8-/m1/s1. The van der Waals surface area contributed by atoms with Crippen molar-refractivity contribution >= 4 is 17.2 Å². The number of amides is 1. The number of thiophene rings is 1. The minimum Gasteiger partial charge on any atom is -0.383 e. The van der Waals surface area contributed by atoms with E-state index in [1.807, 2.05) is 25.3 Å².